The minimum absolute atomic E-state index is 0.0927. The molecule has 0 N–H and O–H groups in total. The summed E-state index contributed by atoms with van der Waals surface area (Å²) in [6.45, 7) is 0.203. The number of rotatable bonds is 3. The number of nitrogens with zero attached hydrogens (tertiary/aromatic N) is 5. The van der Waals surface area contributed by atoms with Crippen molar-refractivity contribution < 1.29 is 32.2 Å². The lowest BCUT2D eigenvalue weighted by Crippen LogP contribution is -2.55. The van der Waals surface area contributed by atoms with Gasteiger partial charge in [-0.2, -0.15) is 18.4 Å². The molecule has 9 nitrogen and oxygen atoms in total. The maximum atomic E-state index is 12.8. The summed E-state index contributed by atoms with van der Waals surface area (Å²) < 4.78 is 48.6. The predicted molar refractivity (Wildman–Crippen MR) is 92.1 cm³/mol. The van der Waals surface area contributed by atoms with Crippen molar-refractivity contribution in [1.29, 1.82) is 5.26 Å². The van der Waals surface area contributed by atoms with E-state index in [1.807, 2.05) is 6.07 Å². The smallest absolute Gasteiger partial charge is 0.409 e. The molecule has 0 aliphatic carbocycles. The Labute approximate surface area is 165 Å². The summed E-state index contributed by atoms with van der Waals surface area (Å²) in [6.07, 6.45) is -6.99. The Kier molecular flexibility index (Phi) is 5.55. The van der Waals surface area contributed by atoms with Crippen LogP contribution in [0.25, 0.3) is 0 Å². The Morgan fingerprint density at radius 2 is 2.00 bits per heavy atom. The largest absolute Gasteiger partial charge is 0.515 e. The molecule has 29 heavy (non-hydrogen) atoms. The summed E-state index contributed by atoms with van der Waals surface area (Å²) in [6, 6.07) is 6.80. The van der Waals surface area contributed by atoms with Crippen molar-refractivity contribution in [2.45, 2.75) is 18.8 Å². The van der Waals surface area contributed by atoms with Gasteiger partial charge in [0.25, 0.3) is 0 Å². The van der Waals surface area contributed by atoms with Gasteiger partial charge in [-0.05, 0) is 24.3 Å². The first-order chi connectivity index (χ1) is 13.7. The molecule has 0 radical (unpaired) electrons. The Balaban J connectivity index is 1.76. The number of amides is 2. The maximum Gasteiger partial charge on any atom is 0.515 e. The minimum atomic E-state index is -4.72. The normalized spacial score (nSPS) is 17.1. The van der Waals surface area contributed by atoms with Crippen LogP contribution in [0.4, 0.5) is 27.9 Å². The van der Waals surface area contributed by atoms with Gasteiger partial charge in [0.2, 0.25) is 10.1 Å². The first kappa shape index (κ1) is 20.3. The van der Waals surface area contributed by atoms with Gasteiger partial charge < -0.3 is 14.4 Å². The number of hydrogen-bond donors (Lipinski definition) is 0. The van der Waals surface area contributed by atoms with Gasteiger partial charge >= 0.3 is 18.4 Å². The molecule has 152 valence electrons. The highest BCUT2D eigenvalue weighted by Gasteiger charge is 2.41. The van der Waals surface area contributed by atoms with Crippen LogP contribution in [0.15, 0.2) is 24.3 Å². The van der Waals surface area contributed by atoms with Crippen LogP contribution in [0.1, 0.15) is 17.0 Å². The van der Waals surface area contributed by atoms with Crippen LogP contribution < -0.4 is 9.64 Å². The Bertz CT molecular complexity index is 957. The fourth-order valence-corrected chi connectivity index (χ4v) is 3.15. The molecule has 1 aliphatic heterocycles. The van der Waals surface area contributed by atoms with Crippen molar-refractivity contribution in [3.05, 3.63) is 34.8 Å². The van der Waals surface area contributed by atoms with E-state index in [0.717, 1.165) is 4.90 Å². The van der Waals surface area contributed by atoms with Crippen molar-refractivity contribution in [2.75, 3.05) is 18.5 Å². The summed E-state index contributed by atoms with van der Waals surface area (Å²) in [5.41, 5.74) is 0.356. The molecule has 1 unspecified atom stereocenters. The van der Waals surface area contributed by atoms with Gasteiger partial charge in [-0.15, -0.1) is 10.2 Å². The average Bonchev–Trinajstić information content (AvgIpc) is 3.15. The maximum absolute atomic E-state index is 12.8. The van der Waals surface area contributed by atoms with Gasteiger partial charge in [-0.1, -0.05) is 11.3 Å². The van der Waals surface area contributed by atoms with Crippen molar-refractivity contribution in [3.63, 3.8) is 0 Å². The highest BCUT2D eigenvalue weighted by atomic mass is 32.1. The molecule has 3 rings (SSSR count). The zero-order valence-electron chi connectivity index (χ0n) is 14.7. The van der Waals surface area contributed by atoms with Crippen LogP contribution in [0, 0.1) is 11.3 Å². The second-order valence-electron chi connectivity index (χ2n) is 5.81. The van der Waals surface area contributed by atoms with Crippen LogP contribution in [0.3, 0.4) is 0 Å². The topological polar surface area (TPSA) is 109 Å². The van der Waals surface area contributed by atoms with Crippen LogP contribution in [0.2, 0.25) is 0 Å². The molecule has 0 saturated carbocycles. The van der Waals surface area contributed by atoms with E-state index < -0.39 is 29.6 Å². The number of benzene rings is 1. The molecule has 0 spiro atoms. The SMILES string of the molecule is CN1CCC(OC(=O)Oc2ccc(C#N)cc2)N(c2nnc(C(F)(F)F)s2)C1=O. The number of aromatic nitrogens is 2. The van der Waals surface area contributed by atoms with Crippen LogP contribution in [-0.2, 0) is 10.9 Å². The number of alkyl halides is 3. The van der Waals surface area contributed by atoms with E-state index in [9.17, 15) is 22.8 Å². The van der Waals surface area contributed by atoms with Crippen LogP contribution in [-0.4, -0.2) is 47.1 Å². The van der Waals surface area contributed by atoms with E-state index in [4.69, 9.17) is 14.7 Å². The van der Waals surface area contributed by atoms with E-state index in [1.165, 1.54) is 36.2 Å². The molecule has 0 bridgehead atoms. The Morgan fingerprint density at radius 1 is 1.31 bits per heavy atom. The quantitative estimate of drug-likeness (QED) is 0.546. The summed E-state index contributed by atoms with van der Waals surface area (Å²) in [7, 11) is 1.45. The molecular weight excluding hydrogens is 415 g/mol. The molecule has 2 aromatic rings. The van der Waals surface area contributed by atoms with Gasteiger partial charge in [0, 0.05) is 20.0 Å². The first-order valence-corrected chi connectivity index (χ1v) is 8.84. The van der Waals surface area contributed by atoms with Gasteiger partial charge in [0.1, 0.15) is 5.75 Å². The molecule has 1 aliphatic rings. The van der Waals surface area contributed by atoms with Gasteiger partial charge in [0.05, 0.1) is 11.6 Å². The average molecular weight is 427 g/mol. The molecular formula is C16H12F3N5O4S. The number of hydrogen-bond acceptors (Lipinski definition) is 8. The lowest BCUT2D eigenvalue weighted by atomic mass is 10.2. The third-order valence-electron chi connectivity index (χ3n) is 3.81. The lowest BCUT2D eigenvalue weighted by Gasteiger charge is -2.36. The van der Waals surface area contributed by atoms with E-state index in [1.54, 1.807) is 0 Å². The number of urea groups is 1. The summed E-state index contributed by atoms with van der Waals surface area (Å²) >= 11 is 0.160. The second kappa shape index (κ2) is 7.92. The highest BCUT2D eigenvalue weighted by Crippen LogP contribution is 2.36. The predicted octanol–water partition coefficient (Wildman–Crippen LogP) is 3.23. The van der Waals surface area contributed by atoms with E-state index in [-0.39, 0.29) is 35.2 Å². The number of carbonyl (C=O) groups excluding carboxylic acids is 2. The van der Waals surface area contributed by atoms with E-state index >= 15 is 0 Å². The number of ether oxygens (including phenoxy) is 2. The van der Waals surface area contributed by atoms with Gasteiger partial charge in [-0.25, -0.2) is 14.5 Å². The summed E-state index contributed by atoms with van der Waals surface area (Å²) in [5.74, 6) is 0.0927. The van der Waals surface area contributed by atoms with Crippen molar-refractivity contribution in [2.24, 2.45) is 0 Å². The summed E-state index contributed by atoms with van der Waals surface area (Å²) in [4.78, 5) is 26.6. The molecule has 1 saturated heterocycles. The van der Waals surface area contributed by atoms with Crippen LogP contribution in [0.5, 0.6) is 5.75 Å². The zero-order valence-corrected chi connectivity index (χ0v) is 15.5. The molecule has 13 heteroatoms. The number of nitriles is 1. The fourth-order valence-electron chi connectivity index (χ4n) is 2.41. The Hall–Kier alpha value is -3.40. The number of anilines is 1. The lowest BCUT2D eigenvalue weighted by molar-refractivity contribution is -0.138. The zero-order chi connectivity index (χ0) is 21.2. The second-order valence-corrected chi connectivity index (χ2v) is 6.77. The first-order valence-electron chi connectivity index (χ1n) is 8.02. The van der Waals surface area contributed by atoms with E-state index in [2.05, 4.69) is 10.2 Å². The van der Waals surface area contributed by atoms with Crippen molar-refractivity contribution in [3.8, 4) is 11.8 Å². The van der Waals surface area contributed by atoms with Crippen molar-refractivity contribution >= 4 is 28.7 Å². The Morgan fingerprint density at radius 3 is 2.59 bits per heavy atom. The summed E-state index contributed by atoms with van der Waals surface area (Å²) in [5, 5.41) is 13.6. The molecule has 1 aromatic carbocycles. The molecule has 1 fully saturated rings. The monoisotopic (exact) mass is 427 g/mol. The highest BCUT2D eigenvalue weighted by molar-refractivity contribution is 7.15. The third kappa shape index (κ3) is 4.54. The number of halogens is 3. The molecule has 1 aromatic heterocycles. The van der Waals surface area contributed by atoms with E-state index in [0.29, 0.717) is 5.56 Å². The van der Waals surface area contributed by atoms with Crippen molar-refractivity contribution in [1.82, 2.24) is 15.1 Å². The molecule has 1 atom stereocenters. The standard InChI is InChI=1S/C16H12F3N5O4S/c1-23-7-6-11(28-15(26)27-10-4-2-9(8-20)3-5-10)24(14(23)25)13-22-21-12(29-13)16(17,18)19/h2-5,11H,6-7H2,1H3. The fraction of sp³-hybridized carbons (Fsp3) is 0.312. The third-order valence-corrected chi connectivity index (χ3v) is 4.78. The molecule has 2 amide bonds. The number of carbonyl (C=O) groups is 2. The van der Waals surface area contributed by atoms with Crippen LogP contribution >= 0.6 is 11.3 Å². The van der Waals surface area contributed by atoms with Gasteiger partial charge in [0.15, 0.2) is 6.23 Å². The molecule has 2 heterocycles. The minimum Gasteiger partial charge on any atom is -0.409 e. The van der Waals surface area contributed by atoms with Gasteiger partial charge in [-0.3, -0.25) is 0 Å².